The first-order valence-corrected chi connectivity index (χ1v) is 11.1. The van der Waals surface area contributed by atoms with Crippen molar-refractivity contribution in [2.45, 2.75) is 51.1 Å². The van der Waals surface area contributed by atoms with Crippen LogP contribution in [0.2, 0.25) is 0 Å². The minimum absolute atomic E-state index is 0.0970. The third-order valence-corrected chi connectivity index (χ3v) is 6.18. The van der Waals surface area contributed by atoms with Crippen LogP contribution in [0.3, 0.4) is 0 Å². The lowest BCUT2D eigenvalue weighted by molar-refractivity contribution is -0.124. The standard InChI is InChI=1S/C25H25FN2O5/c1-15(16-7-10-18(26)11-8-16)27-22(29)14-33-25(32)17-9-12-20-21(13-17)24(31)28(23(20)30)19-5-3-2-4-6-19/h7-13,15,19H,2-6,14H2,1H3,(H,27,29)/t15-/m1/s1. The van der Waals surface area contributed by atoms with Gasteiger partial charge in [0.15, 0.2) is 6.61 Å². The average molecular weight is 452 g/mol. The first kappa shape index (κ1) is 22.6. The third-order valence-electron chi connectivity index (χ3n) is 6.18. The minimum Gasteiger partial charge on any atom is -0.452 e. The highest BCUT2D eigenvalue weighted by atomic mass is 19.1. The molecule has 0 aromatic heterocycles. The second-order valence-electron chi connectivity index (χ2n) is 8.45. The van der Waals surface area contributed by atoms with Gasteiger partial charge in [0.25, 0.3) is 17.7 Å². The molecule has 1 aliphatic heterocycles. The maximum atomic E-state index is 13.0. The highest BCUT2D eigenvalue weighted by Crippen LogP contribution is 2.31. The lowest BCUT2D eigenvalue weighted by atomic mass is 9.94. The Morgan fingerprint density at radius 2 is 1.70 bits per heavy atom. The molecule has 1 atom stereocenters. The molecular weight excluding hydrogens is 427 g/mol. The van der Waals surface area contributed by atoms with Crippen LogP contribution in [0.15, 0.2) is 42.5 Å². The van der Waals surface area contributed by atoms with E-state index in [-0.39, 0.29) is 40.4 Å². The zero-order chi connectivity index (χ0) is 23.5. The summed E-state index contributed by atoms with van der Waals surface area (Å²) < 4.78 is 18.1. The van der Waals surface area contributed by atoms with Crippen LogP contribution in [-0.4, -0.2) is 41.2 Å². The van der Waals surface area contributed by atoms with Gasteiger partial charge < -0.3 is 10.1 Å². The van der Waals surface area contributed by atoms with E-state index in [4.69, 9.17) is 4.74 Å². The third kappa shape index (κ3) is 4.79. The summed E-state index contributed by atoms with van der Waals surface area (Å²) in [6.45, 7) is 1.22. The van der Waals surface area contributed by atoms with Crippen LogP contribution in [0.25, 0.3) is 0 Å². The molecule has 2 aromatic carbocycles. The van der Waals surface area contributed by atoms with E-state index in [1.165, 1.54) is 35.2 Å². The van der Waals surface area contributed by atoms with Gasteiger partial charge in [0.1, 0.15) is 5.82 Å². The second kappa shape index (κ2) is 9.52. The van der Waals surface area contributed by atoms with Crippen LogP contribution in [0.5, 0.6) is 0 Å². The summed E-state index contributed by atoms with van der Waals surface area (Å²) in [6.07, 6.45) is 4.67. The molecule has 0 unspecified atom stereocenters. The van der Waals surface area contributed by atoms with Gasteiger partial charge >= 0.3 is 5.97 Å². The molecular formula is C25H25FN2O5. The van der Waals surface area contributed by atoms with Gasteiger partial charge in [-0.05, 0) is 55.7 Å². The predicted molar refractivity (Wildman–Crippen MR) is 117 cm³/mol. The number of carbonyl (C=O) groups is 4. The van der Waals surface area contributed by atoms with Crippen LogP contribution in [0.1, 0.15) is 81.7 Å². The van der Waals surface area contributed by atoms with E-state index in [1.807, 2.05) is 0 Å². The SMILES string of the molecule is C[C@@H](NC(=O)COC(=O)c1ccc2c(c1)C(=O)N(C1CCCCC1)C2=O)c1ccc(F)cc1. The molecule has 1 aliphatic carbocycles. The maximum Gasteiger partial charge on any atom is 0.338 e. The topological polar surface area (TPSA) is 92.8 Å². The van der Waals surface area contributed by atoms with Gasteiger partial charge in [-0.3, -0.25) is 19.3 Å². The summed E-state index contributed by atoms with van der Waals surface area (Å²) in [6, 6.07) is 9.47. The number of carbonyl (C=O) groups excluding carboxylic acids is 4. The van der Waals surface area contributed by atoms with Crippen LogP contribution >= 0.6 is 0 Å². The second-order valence-corrected chi connectivity index (χ2v) is 8.45. The number of nitrogens with zero attached hydrogens (tertiary/aromatic N) is 1. The van der Waals surface area contributed by atoms with E-state index in [1.54, 1.807) is 19.1 Å². The van der Waals surface area contributed by atoms with Crippen LogP contribution in [0, 0.1) is 5.82 Å². The van der Waals surface area contributed by atoms with E-state index < -0.39 is 24.5 Å². The summed E-state index contributed by atoms with van der Waals surface area (Å²) >= 11 is 0. The number of benzene rings is 2. The fourth-order valence-electron chi connectivity index (χ4n) is 4.39. The van der Waals surface area contributed by atoms with Gasteiger partial charge in [-0.25, -0.2) is 9.18 Å². The van der Waals surface area contributed by atoms with E-state index in [9.17, 15) is 23.6 Å². The maximum absolute atomic E-state index is 13.0. The first-order valence-electron chi connectivity index (χ1n) is 11.1. The molecule has 0 saturated heterocycles. The minimum atomic E-state index is -0.765. The van der Waals surface area contributed by atoms with Crippen LogP contribution in [-0.2, 0) is 9.53 Å². The quantitative estimate of drug-likeness (QED) is 0.532. The molecule has 3 amide bonds. The molecule has 0 spiro atoms. The highest BCUT2D eigenvalue weighted by molar-refractivity contribution is 6.22. The van der Waals surface area contributed by atoms with Crippen molar-refractivity contribution >= 4 is 23.7 Å². The number of hydrogen-bond donors (Lipinski definition) is 1. The number of fused-ring (bicyclic) bond motifs is 1. The number of ether oxygens (including phenoxy) is 1. The van der Waals surface area contributed by atoms with Crippen molar-refractivity contribution in [2.75, 3.05) is 6.61 Å². The molecule has 0 radical (unpaired) electrons. The smallest absolute Gasteiger partial charge is 0.338 e. The van der Waals surface area contributed by atoms with E-state index in [2.05, 4.69) is 5.32 Å². The lowest BCUT2D eigenvalue weighted by Crippen LogP contribution is -2.40. The summed E-state index contributed by atoms with van der Waals surface area (Å²) in [5.41, 5.74) is 1.28. The van der Waals surface area contributed by atoms with Gasteiger partial charge in [0.2, 0.25) is 0 Å². The Morgan fingerprint density at radius 1 is 1.03 bits per heavy atom. The normalized spacial score (nSPS) is 17.0. The number of hydrogen-bond acceptors (Lipinski definition) is 5. The molecule has 2 aliphatic rings. The van der Waals surface area contributed by atoms with Gasteiger partial charge in [-0.2, -0.15) is 0 Å². The highest BCUT2D eigenvalue weighted by Gasteiger charge is 2.40. The summed E-state index contributed by atoms with van der Waals surface area (Å²) in [4.78, 5) is 51.6. The Bertz CT molecular complexity index is 1090. The Balaban J connectivity index is 1.36. The molecule has 0 bridgehead atoms. The van der Waals surface area contributed by atoms with Gasteiger partial charge in [-0.1, -0.05) is 31.4 Å². The number of rotatable bonds is 6. The largest absolute Gasteiger partial charge is 0.452 e. The van der Waals surface area contributed by atoms with Crippen LogP contribution in [0.4, 0.5) is 4.39 Å². The average Bonchev–Trinajstić information content (AvgIpc) is 3.07. The Kier molecular flexibility index (Phi) is 6.53. The Morgan fingerprint density at radius 3 is 2.39 bits per heavy atom. The fraction of sp³-hybridized carbons (Fsp3) is 0.360. The number of amides is 3. The van der Waals surface area contributed by atoms with Gasteiger partial charge in [-0.15, -0.1) is 0 Å². The lowest BCUT2D eigenvalue weighted by Gasteiger charge is -2.29. The van der Waals surface area contributed by atoms with Crippen molar-refractivity contribution in [3.8, 4) is 0 Å². The van der Waals surface area contributed by atoms with Crippen molar-refractivity contribution < 1.29 is 28.3 Å². The molecule has 1 saturated carbocycles. The zero-order valence-electron chi connectivity index (χ0n) is 18.3. The number of esters is 1. The summed E-state index contributed by atoms with van der Waals surface area (Å²) in [5.74, 6) is -2.36. The van der Waals surface area contributed by atoms with Crippen molar-refractivity contribution in [3.63, 3.8) is 0 Å². The van der Waals surface area contributed by atoms with Crippen molar-refractivity contribution in [3.05, 3.63) is 70.5 Å². The van der Waals surface area contributed by atoms with Crippen molar-refractivity contribution in [2.24, 2.45) is 0 Å². The molecule has 33 heavy (non-hydrogen) atoms. The fourth-order valence-corrected chi connectivity index (χ4v) is 4.39. The Hall–Kier alpha value is -3.55. The monoisotopic (exact) mass is 452 g/mol. The molecule has 2 aromatic rings. The number of nitrogens with one attached hydrogen (secondary N) is 1. The molecule has 8 heteroatoms. The predicted octanol–water partition coefficient (Wildman–Crippen LogP) is 3.79. The molecule has 7 nitrogen and oxygen atoms in total. The Labute approximate surface area is 190 Å². The molecule has 4 rings (SSSR count). The van der Waals surface area contributed by atoms with Crippen molar-refractivity contribution in [1.29, 1.82) is 0 Å². The van der Waals surface area contributed by atoms with E-state index in [0.29, 0.717) is 5.56 Å². The molecule has 1 heterocycles. The van der Waals surface area contributed by atoms with Gasteiger partial charge in [0.05, 0.1) is 22.7 Å². The van der Waals surface area contributed by atoms with Crippen molar-refractivity contribution in [1.82, 2.24) is 10.2 Å². The molecule has 1 fully saturated rings. The van der Waals surface area contributed by atoms with Crippen LogP contribution < -0.4 is 5.32 Å². The summed E-state index contributed by atoms with van der Waals surface area (Å²) in [7, 11) is 0. The van der Waals surface area contributed by atoms with E-state index in [0.717, 1.165) is 32.1 Å². The van der Waals surface area contributed by atoms with Gasteiger partial charge in [0, 0.05) is 6.04 Å². The molecule has 172 valence electrons. The number of halogens is 1. The molecule has 1 N–H and O–H groups in total. The first-order chi connectivity index (χ1) is 15.8. The van der Waals surface area contributed by atoms with E-state index >= 15 is 0 Å². The number of imide groups is 1. The zero-order valence-corrected chi connectivity index (χ0v) is 18.3. The summed E-state index contributed by atoms with van der Waals surface area (Å²) in [5, 5.41) is 2.68.